The third-order valence-corrected chi connectivity index (χ3v) is 7.84. The predicted octanol–water partition coefficient (Wildman–Crippen LogP) is 6.22. The van der Waals surface area contributed by atoms with E-state index in [4.69, 9.17) is 44.3 Å². The molecule has 1 amide bonds. The Morgan fingerprint density at radius 2 is 1.84 bits per heavy atom. The Morgan fingerprint density at radius 1 is 1.11 bits per heavy atom. The number of rotatable bonds is 10. The van der Waals surface area contributed by atoms with E-state index in [0.29, 0.717) is 47.9 Å². The lowest BCUT2D eigenvalue weighted by atomic mass is 10.2. The zero-order valence-electron chi connectivity index (χ0n) is 20.5. The summed E-state index contributed by atoms with van der Waals surface area (Å²) >= 11 is 21.5. The summed E-state index contributed by atoms with van der Waals surface area (Å²) in [6.07, 6.45) is 2.40. The highest BCUT2D eigenvalue weighted by molar-refractivity contribution is 9.10. The van der Waals surface area contributed by atoms with Crippen LogP contribution in [0.2, 0.25) is 15.1 Å². The molecule has 0 atom stereocenters. The molecule has 0 aliphatic heterocycles. The molecule has 3 rings (SSSR count). The number of nitrogens with one attached hydrogen (secondary N) is 1. The molecule has 0 saturated carbocycles. The summed E-state index contributed by atoms with van der Waals surface area (Å²) < 4.78 is 37.6. The van der Waals surface area contributed by atoms with E-state index in [1.54, 1.807) is 49.4 Å². The molecule has 0 saturated heterocycles. The zero-order valence-corrected chi connectivity index (χ0v) is 25.1. The number of benzene rings is 3. The SMILES string of the molecule is COc1cc(/C=N\NC(=O)CN(c2cc(Cl)ccc2C)S(C)(=O)=O)cc(Br)c1OCc1ccc(Cl)c(Cl)c1. The van der Waals surface area contributed by atoms with Gasteiger partial charge < -0.3 is 9.47 Å². The Balaban J connectivity index is 1.70. The molecule has 0 fully saturated rings. The topological polar surface area (TPSA) is 97.3 Å². The van der Waals surface area contributed by atoms with Gasteiger partial charge in [0.15, 0.2) is 11.5 Å². The van der Waals surface area contributed by atoms with Crippen molar-refractivity contribution in [1.82, 2.24) is 5.43 Å². The van der Waals surface area contributed by atoms with Gasteiger partial charge in [0, 0.05) is 5.02 Å². The second kappa shape index (κ2) is 13.0. The van der Waals surface area contributed by atoms with Gasteiger partial charge in [0.25, 0.3) is 5.91 Å². The first-order valence-corrected chi connectivity index (χ1v) is 14.7. The van der Waals surface area contributed by atoms with Crippen molar-refractivity contribution in [2.45, 2.75) is 13.5 Å². The molecule has 3 aromatic rings. The molecule has 0 aromatic heterocycles. The van der Waals surface area contributed by atoms with Gasteiger partial charge >= 0.3 is 0 Å². The number of hydrogen-bond acceptors (Lipinski definition) is 6. The average Bonchev–Trinajstić information content (AvgIpc) is 2.84. The van der Waals surface area contributed by atoms with Crippen molar-refractivity contribution in [3.05, 3.63) is 84.8 Å². The number of anilines is 1. The Kier molecular flexibility index (Phi) is 10.3. The minimum atomic E-state index is -3.77. The fraction of sp³-hybridized carbons (Fsp3) is 0.200. The van der Waals surface area contributed by atoms with Crippen LogP contribution in [-0.2, 0) is 21.4 Å². The smallest absolute Gasteiger partial charge is 0.260 e. The van der Waals surface area contributed by atoms with Crippen molar-refractivity contribution in [3.63, 3.8) is 0 Å². The van der Waals surface area contributed by atoms with Crippen LogP contribution >= 0.6 is 50.7 Å². The van der Waals surface area contributed by atoms with Crippen LogP contribution in [0.5, 0.6) is 11.5 Å². The number of carbonyl (C=O) groups excluding carboxylic acids is 1. The second-order valence-electron chi connectivity index (χ2n) is 8.06. The zero-order chi connectivity index (χ0) is 28.0. The fourth-order valence-electron chi connectivity index (χ4n) is 3.32. The van der Waals surface area contributed by atoms with Gasteiger partial charge in [-0.05, 0) is 75.9 Å². The summed E-state index contributed by atoms with van der Waals surface area (Å²) in [4.78, 5) is 12.5. The minimum Gasteiger partial charge on any atom is -0.493 e. The van der Waals surface area contributed by atoms with Crippen LogP contribution in [0.4, 0.5) is 5.69 Å². The average molecular weight is 664 g/mol. The molecule has 0 aliphatic carbocycles. The molecule has 0 bridgehead atoms. The standard InChI is InChI=1S/C25H23BrCl3N3O5S/c1-15-4-6-18(27)11-22(15)32(38(3,34)35)13-24(33)31-30-12-17-8-19(26)25(23(10-17)36-2)37-14-16-5-7-20(28)21(29)9-16/h4-12H,13-14H2,1-3H3,(H,31,33)/b30-12-. The van der Waals surface area contributed by atoms with Crippen LogP contribution in [0.1, 0.15) is 16.7 Å². The lowest BCUT2D eigenvalue weighted by Gasteiger charge is -2.23. The fourth-order valence-corrected chi connectivity index (χ4v) is 5.28. The number of nitrogens with zero attached hydrogens (tertiary/aromatic N) is 2. The Morgan fingerprint density at radius 3 is 2.50 bits per heavy atom. The number of amides is 1. The number of ether oxygens (including phenoxy) is 2. The molecule has 0 radical (unpaired) electrons. The maximum absolute atomic E-state index is 12.5. The Hall–Kier alpha value is -2.50. The normalized spacial score (nSPS) is 11.4. The van der Waals surface area contributed by atoms with E-state index < -0.39 is 22.5 Å². The predicted molar refractivity (Wildman–Crippen MR) is 156 cm³/mol. The highest BCUT2D eigenvalue weighted by Gasteiger charge is 2.22. The summed E-state index contributed by atoms with van der Waals surface area (Å²) in [5.74, 6) is 0.242. The number of carbonyl (C=O) groups is 1. The highest BCUT2D eigenvalue weighted by atomic mass is 79.9. The van der Waals surface area contributed by atoms with E-state index in [-0.39, 0.29) is 6.61 Å². The lowest BCUT2D eigenvalue weighted by molar-refractivity contribution is -0.119. The quantitative estimate of drug-likeness (QED) is 0.205. The molecule has 38 heavy (non-hydrogen) atoms. The van der Waals surface area contributed by atoms with E-state index in [2.05, 4.69) is 26.5 Å². The number of hydrazone groups is 1. The van der Waals surface area contributed by atoms with Crippen LogP contribution in [0, 0.1) is 6.92 Å². The van der Waals surface area contributed by atoms with Crippen molar-refractivity contribution in [2.75, 3.05) is 24.2 Å². The molecule has 13 heteroatoms. The van der Waals surface area contributed by atoms with Gasteiger partial charge in [-0.15, -0.1) is 0 Å². The Labute approximate surface area is 244 Å². The van der Waals surface area contributed by atoms with E-state index in [9.17, 15) is 13.2 Å². The van der Waals surface area contributed by atoms with Gasteiger partial charge in [0.05, 0.1) is 39.8 Å². The molecule has 0 aliphatic rings. The van der Waals surface area contributed by atoms with Crippen molar-refractivity contribution >= 4 is 78.6 Å². The third-order valence-electron chi connectivity index (χ3n) is 5.15. The number of methoxy groups -OCH3 is 1. The van der Waals surface area contributed by atoms with Gasteiger partial charge in [-0.2, -0.15) is 5.10 Å². The van der Waals surface area contributed by atoms with E-state index >= 15 is 0 Å². The largest absolute Gasteiger partial charge is 0.493 e. The van der Waals surface area contributed by atoms with Crippen LogP contribution in [0.25, 0.3) is 0 Å². The molecule has 3 aromatic carbocycles. The molecule has 0 unspecified atom stereocenters. The first kappa shape index (κ1) is 30.0. The monoisotopic (exact) mass is 661 g/mol. The summed E-state index contributed by atoms with van der Waals surface area (Å²) in [7, 11) is -2.27. The summed E-state index contributed by atoms with van der Waals surface area (Å²) in [6.45, 7) is 1.47. The Bertz CT molecular complexity index is 1490. The third kappa shape index (κ3) is 8.00. The summed E-state index contributed by atoms with van der Waals surface area (Å²) in [5.41, 5.74) is 4.71. The number of hydrogen-bond donors (Lipinski definition) is 1. The number of sulfonamides is 1. The van der Waals surface area contributed by atoms with Crippen LogP contribution in [0.15, 0.2) is 58.1 Å². The number of halogens is 4. The van der Waals surface area contributed by atoms with Crippen LogP contribution in [-0.4, -0.2) is 40.4 Å². The van der Waals surface area contributed by atoms with Crippen molar-refractivity contribution in [3.8, 4) is 11.5 Å². The molecule has 0 heterocycles. The summed E-state index contributed by atoms with van der Waals surface area (Å²) in [6, 6.07) is 13.4. The highest BCUT2D eigenvalue weighted by Crippen LogP contribution is 2.37. The van der Waals surface area contributed by atoms with E-state index in [0.717, 1.165) is 16.1 Å². The molecule has 8 nitrogen and oxygen atoms in total. The first-order chi connectivity index (χ1) is 17.9. The maximum Gasteiger partial charge on any atom is 0.260 e. The molecule has 0 spiro atoms. The van der Waals surface area contributed by atoms with Crippen molar-refractivity contribution in [1.29, 1.82) is 0 Å². The minimum absolute atomic E-state index is 0.221. The molecule has 202 valence electrons. The van der Waals surface area contributed by atoms with Crippen molar-refractivity contribution < 1.29 is 22.7 Å². The van der Waals surface area contributed by atoms with Crippen molar-refractivity contribution in [2.24, 2.45) is 5.10 Å². The first-order valence-electron chi connectivity index (χ1n) is 10.9. The molecule has 1 N–H and O–H groups in total. The lowest BCUT2D eigenvalue weighted by Crippen LogP contribution is -2.39. The second-order valence-corrected chi connectivity index (χ2v) is 12.1. The molecular formula is C25H23BrCl3N3O5S. The van der Waals surface area contributed by atoms with Crippen LogP contribution in [0.3, 0.4) is 0 Å². The van der Waals surface area contributed by atoms with Gasteiger partial charge in [-0.3, -0.25) is 9.10 Å². The maximum atomic E-state index is 12.5. The van der Waals surface area contributed by atoms with Gasteiger partial charge in [0.2, 0.25) is 10.0 Å². The number of aryl methyl sites for hydroxylation is 1. The molecular weight excluding hydrogens is 641 g/mol. The van der Waals surface area contributed by atoms with Gasteiger partial charge in [0.1, 0.15) is 13.2 Å². The van der Waals surface area contributed by atoms with Gasteiger partial charge in [-0.1, -0.05) is 46.9 Å². The van der Waals surface area contributed by atoms with Gasteiger partial charge in [-0.25, -0.2) is 13.8 Å². The summed E-state index contributed by atoms with van der Waals surface area (Å²) in [5, 5.41) is 5.18. The van der Waals surface area contributed by atoms with E-state index in [1.807, 2.05) is 0 Å². The van der Waals surface area contributed by atoms with Crippen LogP contribution < -0.4 is 19.2 Å². The van der Waals surface area contributed by atoms with E-state index in [1.165, 1.54) is 19.4 Å².